The smallest absolute Gasteiger partial charge is 0.187 e. The normalized spacial score (nSPS) is 12.0. The van der Waals surface area contributed by atoms with E-state index in [4.69, 9.17) is 0 Å². The van der Waals surface area contributed by atoms with Gasteiger partial charge in [0.25, 0.3) is 0 Å². The van der Waals surface area contributed by atoms with Crippen LogP contribution in [-0.4, -0.2) is 15.3 Å². The van der Waals surface area contributed by atoms with Crippen molar-refractivity contribution in [3.63, 3.8) is 0 Å². The summed E-state index contributed by atoms with van der Waals surface area (Å²) >= 11 is 1.40. The van der Waals surface area contributed by atoms with E-state index >= 15 is 0 Å². The van der Waals surface area contributed by atoms with Gasteiger partial charge >= 0.3 is 0 Å². The van der Waals surface area contributed by atoms with Crippen LogP contribution in [-0.2, 0) is 0 Å². The zero-order valence-electron chi connectivity index (χ0n) is 13.2. The first-order valence-electron chi connectivity index (χ1n) is 7.79. The molecule has 25 heavy (non-hydrogen) atoms. The molecule has 2 heterocycles. The number of hydrogen-bond donors (Lipinski definition) is 0. The third kappa shape index (κ3) is 2.84. The number of Topliss-reactive ketones (excluding diaryl/α,β-unsaturated/α-hetero) is 1. The van der Waals surface area contributed by atoms with Gasteiger partial charge in [-0.15, -0.1) is 11.3 Å². The summed E-state index contributed by atoms with van der Waals surface area (Å²) in [5.41, 5.74) is 2.21. The molecule has 4 aromatic rings. The van der Waals surface area contributed by atoms with Crippen molar-refractivity contribution in [2.75, 3.05) is 0 Å². The molecule has 2 aromatic heterocycles. The van der Waals surface area contributed by atoms with Gasteiger partial charge in [-0.25, -0.2) is 4.98 Å². The maximum absolute atomic E-state index is 12.9. The Labute approximate surface area is 148 Å². The van der Waals surface area contributed by atoms with E-state index in [0.29, 0.717) is 10.6 Å². The summed E-state index contributed by atoms with van der Waals surface area (Å²) in [4.78, 5) is 17.4. The van der Waals surface area contributed by atoms with E-state index in [9.17, 15) is 10.1 Å². The number of nitriles is 1. The Morgan fingerprint density at radius 1 is 1.08 bits per heavy atom. The fourth-order valence-electron chi connectivity index (χ4n) is 2.73. The largest absolute Gasteiger partial charge is 0.324 e. The first-order chi connectivity index (χ1) is 12.3. The highest BCUT2D eigenvalue weighted by Gasteiger charge is 2.25. The molecule has 0 aliphatic rings. The molecule has 4 rings (SSSR count). The van der Waals surface area contributed by atoms with Crippen molar-refractivity contribution >= 4 is 27.3 Å². The van der Waals surface area contributed by atoms with E-state index in [-0.39, 0.29) is 5.78 Å². The van der Waals surface area contributed by atoms with Crippen LogP contribution in [0, 0.1) is 11.3 Å². The minimum atomic E-state index is -0.891. The summed E-state index contributed by atoms with van der Waals surface area (Å²) in [6, 6.07) is 20.9. The molecule has 1 atom stereocenters. The Morgan fingerprint density at radius 2 is 1.88 bits per heavy atom. The average Bonchev–Trinajstić information content (AvgIpc) is 3.32. The molecule has 0 amide bonds. The van der Waals surface area contributed by atoms with Crippen LogP contribution in [0.1, 0.15) is 21.3 Å². The predicted molar refractivity (Wildman–Crippen MR) is 98.1 cm³/mol. The van der Waals surface area contributed by atoms with E-state index in [1.807, 2.05) is 65.5 Å². The van der Waals surface area contributed by atoms with Crippen LogP contribution in [0.2, 0.25) is 0 Å². The Bertz CT molecular complexity index is 1060. The fourth-order valence-corrected chi connectivity index (χ4v) is 3.74. The third-order valence-electron chi connectivity index (χ3n) is 3.98. The van der Waals surface area contributed by atoms with Crippen molar-refractivity contribution in [1.29, 1.82) is 5.26 Å². The van der Waals surface area contributed by atoms with Crippen LogP contribution >= 0.6 is 11.3 Å². The van der Waals surface area contributed by atoms with Gasteiger partial charge in [0, 0.05) is 23.6 Å². The lowest BCUT2D eigenvalue weighted by Crippen LogP contribution is -2.11. The van der Waals surface area contributed by atoms with Crippen LogP contribution < -0.4 is 0 Å². The van der Waals surface area contributed by atoms with Crippen molar-refractivity contribution in [3.05, 3.63) is 83.6 Å². The van der Waals surface area contributed by atoms with Gasteiger partial charge in [-0.1, -0.05) is 24.3 Å². The topological polar surface area (TPSA) is 58.7 Å². The minimum Gasteiger partial charge on any atom is -0.324 e. The highest BCUT2D eigenvalue weighted by atomic mass is 32.1. The Morgan fingerprint density at radius 3 is 2.64 bits per heavy atom. The second-order valence-corrected chi connectivity index (χ2v) is 6.65. The molecule has 4 nitrogen and oxygen atoms in total. The molecule has 0 spiro atoms. The number of carbonyl (C=O) groups is 1. The lowest BCUT2D eigenvalue weighted by Gasteiger charge is -2.08. The molecule has 0 unspecified atom stereocenters. The summed E-state index contributed by atoms with van der Waals surface area (Å²) in [6.45, 7) is 0. The summed E-state index contributed by atoms with van der Waals surface area (Å²) < 4.78 is 2.90. The molecule has 2 aromatic carbocycles. The Hall–Kier alpha value is -3.23. The SMILES string of the molecule is N#C[C@H](C(=O)c1cccc(-n2cccc2)c1)c1nc2ccccc2s1. The van der Waals surface area contributed by atoms with E-state index in [1.54, 1.807) is 12.1 Å². The van der Waals surface area contributed by atoms with Gasteiger partial charge in [0.15, 0.2) is 11.7 Å². The average molecular weight is 343 g/mol. The number of benzene rings is 2. The quantitative estimate of drug-likeness (QED) is 0.510. The maximum atomic E-state index is 12.9. The van der Waals surface area contributed by atoms with Crippen molar-refractivity contribution < 1.29 is 4.79 Å². The lowest BCUT2D eigenvalue weighted by atomic mass is 9.99. The molecule has 0 saturated heterocycles. The number of nitrogens with zero attached hydrogens (tertiary/aromatic N) is 3. The van der Waals surface area contributed by atoms with Gasteiger partial charge in [-0.05, 0) is 36.4 Å². The first kappa shape index (κ1) is 15.3. The molecule has 0 radical (unpaired) electrons. The number of thiazole rings is 1. The molecular formula is C20H13N3OS. The number of ketones is 1. The van der Waals surface area contributed by atoms with E-state index in [0.717, 1.165) is 15.9 Å². The number of para-hydroxylation sites is 1. The van der Waals surface area contributed by atoms with Crippen molar-refractivity contribution in [2.45, 2.75) is 5.92 Å². The Kier molecular flexibility index (Phi) is 3.88. The van der Waals surface area contributed by atoms with Gasteiger partial charge < -0.3 is 4.57 Å². The van der Waals surface area contributed by atoms with Gasteiger partial charge in [-0.2, -0.15) is 5.26 Å². The van der Waals surface area contributed by atoms with Gasteiger partial charge in [0.1, 0.15) is 5.01 Å². The van der Waals surface area contributed by atoms with Crippen LogP contribution in [0.3, 0.4) is 0 Å². The van der Waals surface area contributed by atoms with E-state index in [1.165, 1.54) is 11.3 Å². The molecule has 0 N–H and O–H groups in total. The van der Waals surface area contributed by atoms with Crippen molar-refractivity contribution in [3.8, 4) is 11.8 Å². The molecular weight excluding hydrogens is 330 g/mol. The van der Waals surface area contributed by atoms with Crippen LogP contribution in [0.5, 0.6) is 0 Å². The van der Waals surface area contributed by atoms with Gasteiger partial charge in [-0.3, -0.25) is 4.79 Å². The number of fused-ring (bicyclic) bond motifs is 1. The third-order valence-corrected chi connectivity index (χ3v) is 5.08. The summed E-state index contributed by atoms with van der Waals surface area (Å²) in [6.07, 6.45) is 3.83. The molecule has 0 saturated carbocycles. The predicted octanol–water partition coefficient (Wildman–Crippen LogP) is 4.58. The second kappa shape index (κ2) is 6.34. The molecule has 120 valence electrons. The van der Waals surface area contributed by atoms with E-state index < -0.39 is 5.92 Å². The van der Waals surface area contributed by atoms with Crippen LogP contribution in [0.4, 0.5) is 0 Å². The highest BCUT2D eigenvalue weighted by Crippen LogP contribution is 2.29. The summed E-state index contributed by atoms with van der Waals surface area (Å²) in [5.74, 6) is -1.12. The number of hydrogen-bond acceptors (Lipinski definition) is 4. The fraction of sp³-hybridized carbons (Fsp3) is 0.0500. The van der Waals surface area contributed by atoms with Gasteiger partial charge in [0.2, 0.25) is 0 Å². The standard InChI is InChI=1S/C20H13N3OS/c21-13-16(20-22-17-8-1-2-9-18(17)25-20)19(24)14-6-5-7-15(12-14)23-10-3-4-11-23/h1-12,16H/t16-/m1/s1. The number of aromatic nitrogens is 2. The van der Waals surface area contributed by atoms with Crippen LogP contribution in [0.25, 0.3) is 15.9 Å². The molecule has 0 aliphatic carbocycles. The minimum absolute atomic E-state index is 0.226. The van der Waals surface area contributed by atoms with Gasteiger partial charge in [0.05, 0.1) is 16.3 Å². The van der Waals surface area contributed by atoms with Crippen molar-refractivity contribution in [1.82, 2.24) is 9.55 Å². The second-order valence-electron chi connectivity index (χ2n) is 5.59. The maximum Gasteiger partial charge on any atom is 0.187 e. The molecule has 5 heteroatoms. The van der Waals surface area contributed by atoms with Crippen molar-refractivity contribution in [2.24, 2.45) is 0 Å². The number of carbonyl (C=O) groups excluding carboxylic acids is 1. The highest BCUT2D eigenvalue weighted by molar-refractivity contribution is 7.18. The molecule has 0 aliphatic heterocycles. The summed E-state index contributed by atoms with van der Waals surface area (Å²) in [5, 5.41) is 10.1. The monoisotopic (exact) mass is 343 g/mol. The van der Waals surface area contributed by atoms with E-state index in [2.05, 4.69) is 11.1 Å². The zero-order valence-corrected chi connectivity index (χ0v) is 14.0. The number of rotatable bonds is 4. The molecule has 0 bridgehead atoms. The van der Waals surface area contributed by atoms with Crippen LogP contribution in [0.15, 0.2) is 73.1 Å². The summed E-state index contributed by atoms with van der Waals surface area (Å²) in [7, 11) is 0. The lowest BCUT2D eigenvalue weighted by molar-refractivity contribution is 0.0979. The molecule has 0 fully saturated rings. The Balaban J connectivity index is 1.71. The zero-order chi connectivity index (χ0) is 17.2. The first-order valence-corrected chi connectivity index (χ1v) is 8.60.